The predicted octanol–water partition coefficient (Wildman–Crippen LogP) is 3.82. The highest BCUT2D eigenvalue weighted by Crippen LogP contribution is 2.30. The number of anilines is 2. The maximum Gasteiger partial charge on any atom is 0.261 e. The van der Waals surface area contributed by atoms with Crippen LogP contribution in [0.25, 0.3) is 22.4 Å². The van der Waals surface area contributed by atoms with Crippen LogP contribution in [0.4, 0.5) is 11.4 Å². The van der Waals surface area contributed by atoms with Gasteiger partial charge < -0.3 is 30.6 Å². The van der Waals surface area contributed by atoms with Crippen LogP contribution >= 0.6 is 11.6 Å². The summed E-state index contributed by atoms with van der Waals surface area (Å²) in [6.45, 7) is 7.26. The molecule has 0 unspecified atom stereocenters. The number of nitrogens with zero attached hydrogens (tertiary/aromatic N) is 2. The highest BCUT2D eigenvalue weighted by molar-refractivity contribution is 6.30. The minimum atomic E-state index is -0.789. The number of benzene rings is 2. The van der Waals surface area contributed by atoms with Gasteiger partial charge in [-0.05, 0) is 55.3 Å². The van der Waals surface area contributed by atoms with Gasteiger partial charge in [0.1, 0.15) is 11.4 Å². The summed E-state index contributed by atoms with van der Waals surface area (Å²) in [5.41, 5.74) is 5.33. The molecule has 5 N–H and O–H groups in total. The number of aromatic nitrogens is 3. The molecule has 8 nitrogen and oxygen atoms in total. The first-order valence-corrected chi connectivity index (χ1v) is 12.1. The Hall–Kier alpha value is -3.33. The number of hydrogen-bond acceptors (Lipinski definition) is 6. The number of nitrogens with one attached hydrogen (secondary N) is 4. The monoisotopic (exact) mass is 492 g/mol. The molecule has 1 aliphatic heterocycles. The second-order valence-corrected chi connectivity index (χ2v) is 9.53. The van der Waals surface area contributed by atoms with E-state index in [4.69, 9.17) is 16.6 Å². The zero-order valence-corrected chi connectivity index (χ0v) is 20.5. The van der Waals surface area contributed by atoms with Crippen LogP contribution in [-0.2, 0) is 0 Å². The molecule has 0 saturated carbocycles. The van der Waals surface area contributed by atoms with Crippen molar-refractivity contribution in [3.05, 3.63) is 75.2 Å². The Balaban J connectivity index is 1.45. The fourth-order valence-electron chi connectivity index (χ4n) is 4.64. The van der Waals surface area contributed by atoms with Crippen molar-refractivity contribution in [3.63, 3.8) is 0 Å². The maximum absolute atomic E-state index is 12.9. The average molecular weight is 493 g/mol. The SMILES string of the molecule is Cc1cc(N2CCN[C@H](C)C2)cc2[nH]c(-c3c(NC[C@@H](O)c4cccc(Cl)c4)cc[nH]c3=O)nc12. The molecule has 9 heteroatoms. The van der Waals surface area contributed by atoms with E-state index in [-0.39, 0.29) is 12.1 Å². The second kappa shape index (κ2) is 9.73. The van der Waals surface area contributed by atoms with Gasteiger partial charge in [0.15, 0.2) is 0 Å². The molecule has 0 spiro atoms. The standard InChI is InChI=1S/C26H29ClN6O2/c1-15-10-19(33-9-8-28-16(2)14-33)12-21-24(15)32-25(31-21)23-20(6-7-29-26(23)35)30-13-22(34)17-4-3-5-18(27)11-17/h3-7,10-12,16,22,28,34H,8-9,13-14H2,1-2H3,(H,31,32)(H2,29,30,35)/t16-,22-/m1/s1. The summed E-state index contributed by atoms with van der Waals surface area (Å²) in [6, 6.07) is 13.6. The number of piperazine rings is 1. The molecule has 4 aromatic rings. The summed E-state index contributed by atoms with van der Waals surface area (Å²) in [5, 5.41) is 17.9. The van der Waals surface area contributed by atoms with Gasteiger partial charge in [-0.3, -0.25) is 4.79 Å². The number of aryl methyl sites for hydroxylation is 1. The topological polar surface area (TPSA) is 109 Å². The van der Waals surface area contributed by atoms with Gasteiger partial charge in [-0.25, -0.2) is 4.98 Å². The lowest BCUT2D eigenvalue weighted by atomic mass is 10.1. The van der Waals surface area contributed by atoms with Crippen LogP contribution in [0.2, 0.25) is 5.02 Å². The Morgan fingerprint density at radius 3 is 2.94 bits per heavy atom. The van der Waals surface area contributed by atoms with Gasteiger partial charge in [-0.2, -0.15) is 0 Å². The minimum absolute atomic E-state index is 0.210. The number of pyridine rings is 1. The van der Waals surface area contributed by atoms with Gasteiger partial charge in [0.25, 0.3) is 5.56 Å². The lowest BCUT2D eigenvalue weighted by molar-refractivity contribution is 0.191. The molecule has 0 radical (unpaired) electrons. The smallest absolute Gasteiger partial charge is 0.261 e. The molecule has 1 saturated heterocycles. The molecule has 2 aromatic heterocycles. The van der Waals surface area contributed by atoms with Crippen LogP contribution in [0.3, 0.4) is 0 Å². The number of rotatable bonds is 6. The third-order valence-corrected chi connectivity index (χ3v) is 6.65. The van der Waals surface area contributed by atoms with Crippen LogP contribution in [0.1, 0.15) is 24.2 Å². The number of aromatic amines is 2. The molecule has 182 valence electrons. The van der Waals surface area contributed by atoms with E-state index < -0.39 is 6.10 Å². The molecular weight excluding hydrogens is 464 g/mol. The number of H-pyrrole nitrogens is 2. The van der Waals surface area contributed by atoms with Crippen LogP contribution in [0.5, 0.6) is 0 Å². The normalized spacial score (nSPS) is 17.0. The first kappa shape index (κ1) is 23.4. The molecule has 5 rings (SSSR count). The number of aliphatic hydroxyl groups is 1. The van der Waals surface area contributed by atoms with Crippen LogP contribution < -0.4 is 21.1 Å². The number of hydrogen-bond donors (Lipinski definition) is 5. The summed E-state index contributed by atoms with van der Waals surface area (Å²) in [5.74, 6) is 0.482. The van der Waals surface area contributed by atoms with Crippen molar-refractivity contribution in [1.29, 1.82) is 0 Å². The molecular formula is C26H29ClN6O2. The lowest BCUT2D eigenvalue weighted by Crippen LogP contribution is -2.49. The zero-order valence-electron chi connectivity index (χ0n) is 19.7. The summed E-state index contributed by atoms with van der Waals surface area (Å²) in [6.07, 6.45) is 0.792. The molecule has 2 atom stereocenters. The summed E-state index contributed by atoms with van der Waals surface area (Å²) < 4.78 is 0. The lowest BCUT2D eigenvalue weighted by Gasteiger charge is -2.33. The molecule has 2 aromatic carbocycles. The van der Waals surface area contributed by atoms with E-state index in [1.165, 1.54) is 0 Å². The van der Waals surface area contributed by atoms with Gasteiger partial charge in [-0.1, -0.05) is 23.7 Å². The van der Waals surface area contributed by atoms with Gasteiger partial charge in [0.05, 0.1) is 22.8 Å². The van der Waals surface area contributed by atoms with Crippen molar-refractivity contribution in [1.82, 2.24) is 20.3 Å². The molecule has 1 aliphatic rings. The van der Waals surface area contributed by atoms with E-state index >= 15 is 0 Å². The van der Waals surface area contributed by atoms with Crippen LogP contribution in [-0.4, -0.2) is 52.3 Å². The van der Waals surface area contributed by atoms with E-state index in [2.05, 4.69) is 44.6 Å². The van der Waals surface area contributed by atoms with E-state index in [0.29, 0.717) is 33.7 Å². The maximum atomic E-state index is 12.9. The molecule has 3 heterocycles. The first-order valence-electron chi connectivity index (χ1n) is 11.8. The Kier molecular flexibility index (Phi) is 6.51. The third kappa shape index (κ3) is 4.91. The highest BCUT2D eigenvalue weighted by atomic mass is 35.5. The number of halogens is 1. The zero-order chi connectivity index (χ0) is 24.5. The average Bonchev–Trinajstić information content (AvgIpc) is 3.27. The van der Waals surface area contributed by atoms with Crippen molar-refractivity contribution in [2.75, 3.05) is 36.4 Å². The molecule has 0 aliphatic carbocycles. The van der Waals surface area contributed by atoms with Gasteiger partial charge >= 0.3 is 0 Å². The van der Waals surface area contributed by atoms with Crippen molar-refractivity contribution in [2.24, 2.45) is 0 Å². The Labute approximate surface area is 208 Å². The fraction of sp³-hybridized carbons (Fsp3) is 0.308. The molecule has 0 amide bonds. The first-order chi connectivity index (χ1) is 16.9. The summed E-state index contributed by atoms with van der Waals surface area (Å²) in [4.78, 5) is 26.1. The number of aliphatic hydroxyl groups excluding tert-OH is 1. The van der Waals surface area contributed by atoms with Crippen LogP contribution in [0.15, 0.2) is 53.5 Å². The Bertz CT molecular complexity index is 1410. The Morgan fingerprint density at radius 1 is 1.29 bits per heavy atom. The van der Waals surface area contributed by atoms with E-state index in [1.54, 1.807) is 30.5 Å². The van der Waals surface area contributed by atoms with Crippen molar-refractivity contribution < 1.29 is 5.11 Å². The Morgan fingerprint density at radius 2 is 2.14 bits per heavy atom. The number of imidazole rings is 1. The molecule has 35 heavy (non-hydrogen) atoms. The summed E-state index contributed by atoms with van der Waals surface area (Å²) >= 11 is 6.06. The van der Waals surface area contributed by atoms with E-state index in [1.807, 2.05) is 13.0 Å². The fourth-order valence-corrected chi connectivity index (χ4v) is 4.84. The molecule has 1 fully saturated rings. The summed E-state index contributed by atoms with van der Waals surface area (Å²) in [7, 11) is 0. The van der Waals surface area contributed by atoms with Crippen LogP contribution in [0, 0.1) is 6.92 Å². The quantitative estimate of drug-likeness (QED) is 0.280. The second-order valence-electron chi connectivity index (χ2n) is 9.09. The minimum Gasteiger partial charge on any atom is -0.387 e. The van der Waals surface area contributed by atoms with Crippen molar-refractivity contribution in [2.45, 2.75) is 26.0 Å². The van der Waals surface area contributed by atoms with Crippen molar-refractivity contribution in [3.8, 4) is 11.4 Å². The van der Waals surface area contributed by atoms with Gasteiger partial charge in [0.2, 0.25) is 0 Å². The van der Waals surface area contributed by atoms with E-state index in [9.17, 15) is 9.90 Å². The third-order valence-electron chi connectivity index (χ3n) is 6.41. The molecule has 0 bridgehead atoms. The highest BCUT2D eigenvalue weighted by Gasteiger charge is 2.20. The van der Waals surface area contributed by atoms with Gasteiger partial charge in [-0.15, -0.1) is 0 Å². The number of fused-ring (bicyclic) bond motifs is 1. The largest absolute Gasteiger partial charge is 0.387 e. The van der Waals surface area contributed by atoms with Crippen molar-refractivity contribution >= 4 is 34.0 Å². The van der Waals surface area contributed by atoms with E-state index in [0.717, 1.165) is 41.9 Å². The van der Waals surface area contributed by atoms with Gasteiger partial charge in [0, 0.05) is 49.1 Å². The predicted molar refractivity (Wildman–Crippen MR) is 141 cm³/mol.